The summed E-state index contributed by atoms with van der Waals surface area (Å²) in [6.45, 7) is 4.74. The molecule has 1 saturated heterocycles. The number of piperazine rings is 1. The van der Waals surface area contributed by atoms with Crippen molar-refractivity contribution in [3.05, 3.63) is 35.0 Å². The van der Waals surface area contributed by atoms with Crippen LogP contribution in [0.2, 0.25) is 5.15 Å². The molecule has 0 radical (unpaired) electrons. The Balaban J connectivity index is 1.13. The molecular formula is C25H30ClN5O4S. The average molecular weight is 532 g/mol. The molecular weight excluding hydrogens is 502 g/mol. The Morgan fingerprint density at radius 1 is 1.14 bits per heavy atom. The van der Waals surface area contributed by atoms with Crippen molar-refractivity contribution < 1.29 is 19.1 Å². The molecule has 1 aliphatic carbocycles. The van der Waals surface area contributed by atoms with Gasteiger partial charge < -0.3 is 24.6 Å². The van der Waals surface area contributed by atoms with Gasteiger partial charge in [0, 0.05) is 44.2 Å². The molecule has 2 amide bonds. The first-order chi connectivity index (χ1) is 17.5. The smallest absolute Gasteiger partial charge is 0.231 e. The number of ether oxygens (including phenoxy) is 2. The van der Waals surface area contributed by atoms with Gasteiger partial charge in [0.1, 0.15) is 11.0 Å². The van der Waals surface area contributed by atoms with E-state index < -0.39 is 0 Å². The third-order valence-electron chi connectivity index (χ3n) is 6.86. The lowest BCUT2D eigenvalue weighted by atomic mass is 10.0. The summed E-state index contributed by atoms with van der Waals surface area (Å²) in [6.07, 6.45) is 4.33. The molecule has 1 aromatic carbocycles. The van der Waals surface area contributed by atoms with Crippen molar-refractivity contribution >= 4 is 41.0 Å². The van der Waals surface area contributed by atoms with E-state index in [4.69, 9.17) is 21.1 Å². The highest BCUT2D eigenvalue weighted by Crippen LogP contribution is 2.32. The van der Waals surface area contributed by atoms with E-state index in [1.54, 1.807) is 6.07 Å². The lowest BCUT2D eigenvalue weighted by molar-refractivity contribution is -0.137. The molecule has 192 valence electrons. The monoisotopic (exact) mass is 531 g/mol. The van der Waals surface area contributed by atoms with Crippen LogP contribution in [0.4, 0.5) is 5.82 Å². The summed E-state index contributed by atoms with van der Waals surface area (Å²) < 4.78 is 10.7. The van der Waals surface area contributed by atoms with Crippen molar-refractivity contribution in [2.75, 3.05) is 37.1 Å². The molecule has 2 fully saturated rings. The van der Waals surface area contributed by atoms with Crippen LogP contribution < -0.4 is 19.7 Å². The van der Waals surface area contributed by atoms with Gasteiger partial charge >= 0.3 is 0 Å². The Morgan fingerprint density at radius 3 is 2.75 bits per heavy atom. The highest BCUT2D eigenvalue weighted by Gasteiger charge is 2.33. The predicted octanol–water partition coefficient (Wildman–Crippen LogP) is 3.49. The minimum absolute atomic E-state index is 0.0960. The number of carbonyl (C=O) groups excluding carboxylic acids is 2. The Labute approximate surface area is 219 Å². The molecule has 3 heterocycles. The molecule has 1 aromatic heterocycles. The van der Waals surface area contributed by atoms with Gasteiger partial charge in [-0.25, -0.2) is 9.97 Å². The van der Waals surface area contributed by atoms with Crippen molar-refractivity contribution in [2.45, 2.75) is 50.4 Å². The topological polar surface area (TPSA) is 96.9 Å². The predicted molar refractivity (Wildman–Crippen MR) is 138 cm³/mol. The van der Waals surface area contributed by atoms with Crippen LogP contribution in [-0.2, 0) is 16.1 Å². The fraction of sp³-hybridized carbons (Fsp3) is 0.520. The van der Waals surface area contributed by atoms with Crippen LogP contribution in [0, 0.1) is 5.92 Å². The van der Waals surface area contributed by atoms with Crippen molar-refractivity contribution in [3.63, 3.8) is 0 Å². The molecule has 3 aliphatic rings. The molecule has 2 aromatic rings. The van der Waals surface area contributed by atoms with Crippen LogP contribution in [0.3, 0.4) is 0 Å². The molecule has 0 bridgehead atoms. The van der Waals surface area contributed by atoms with E-state index in [9.17, 15) is 9.59 Å². The first kappa shape index (κ1) is 25.0. The van der Waals surface area contributed by atoms with Crippen LogP contribution in [0.25, 0.3) is 0 Å². The normalized spacial score (nSPS) is 19.6. The number of aromatic nitrogens is 2. The number of hydrogen-bond donors (Lipinski definition) is 1. The zero-order chi connectivity index (χ0) is 25.1. The summed E-state index contributed by atoms with van der Waals surface area (Å²) in [4.78, 5) is 38.4. The van der Waals surface area contributed by atoms with Gasteiger partial charge in [-0.15, -0.1) is 0 Å². The first-order valence-corrected chi connectivity index (χ1v) is 13.7. The number of hydrogen-bond acceptors (Lipinski definition) is 8. The lowest BCUT2D eigenvalue weighted by Crippen LogP contribution is -2.55. The summed E-state index contributed by atoms with van der Waals surface area (Å²) in [5.41, 5.74) is 0.929. The molecule has 1 unspecified atom stereocenters. The summed E-state index contributed by atoms with van der Waals surface area (Å²) in [6, 6.07) is 7.44. The van der Waals surface area contributed by atoms with Gasteiger partial charge in [0.25, 0.3) is 0 Å². The van der Waals surface area contributed by atoms with Crippen LogP contribution in [0.5, 0.6) is 11.5 Å². The second-order valence-electron chi connectivity index (χ2n) is 9.39. The summed E-state index contributed by atoms with van der Waals surface area (Å²) in [5.74, 6) is 2.65. The van der Waals surface area contributed by atoms with E-state index >= 15 is 0 Å². The van der Waals surface area contributed by atoms with Gasteiger partial charge in [-0.1, -0.05) is 42.3 Å². The van der Waals surface area contributed by atoms with E-state index in [1.807, 2.05) is 23.1 Å². The number of amides is 2. The zero-order valence-corrected chi connectivity index (χ0v) is 21.8. The third-order valence-corrected chi connectivity index (χ3v) is 7.90. The molecule has 11 heteroatoms. The minimum Gasteiger partial charge on any atom is -0.454 e. The van der Waals surface area contributed by atoms with Crippen molar-refractivity contribution in [3.8, 4) is 11.5 Å². The number of nitrogens with zero attached hydrogens (tertiary/aromatic N) is 4. The van der Waals surface area contributed by atoms with Gasteiger partial charge in [-0.2, -0.15) is 0 Å². The van der Waals surface area contributed by atoms with Crippen LogP contribution in [0.15, 0.2) is 29.4 Å². The number of halogens is 1. The Morgan fingerprint density at radius 2 is 1.94 bits per heavy atom. The standard InChI is InChI=1S/C25H30ClN5O4S/c1-16-13-30(8-9-31(16)24(33)18-4-2-3-5-18)22-11-21(26)28-25(29-22)36-14-23(32)27-12-17-6-7-19-20(10-17)35-15-34-19/h6-7,10-11,16,18H,2-5,8-9,12-15H2,1H3,(H,27,32). The fourth-order valence-electron chi connectivity index (χ4n) is 4.95. The molecule has 1 saturated carbocycles. The number of nitrogens with one attached hydrogen (secondary N) is 1. The van der Waals surface area contributed by atoms with E-state index in [0.717, 1.165) is 37.1 Å². The number of fused-ring (bicyclic) bond motifs is 1. The van der Waals surface area contributed by atoms with E-state index in [1.165, 1.54) is 11.8 Å². The molecule has 36 heavy (non-hydrogen) atoms. The third kappa shape index (κ3) is 5.81. The second-order valence-corrected chi connectivity index (χ2v) is 10.7. The van der Waals surface area contributed by atoms with Crippen molar-refractivity contribution in [1.82, 2.24) is 20.2 Å². The van der Waals surface area contributed by atoms with Gasteiger partial charge in [-0.05, 0) is 37.5 Å². The first-order valence-electron chi connectivity index (χ1n) is 12.3. The number of thioether (sulfide) groups is 1. The highest BCUT2D eigenvalue weighted by atomic mass is 35.5. The highest BCUT2D eigenvalue weighted by molar-refractivity contribution is 7.99. The number of rotatable bonds is 7. The van der Waals surface area contributed by atoms with Crippen LogP contribution in [-0.4, -0.2) is 64.9 Å². The summed E-state index contributed by atoms with van der Waals surface area (Å²) in [7, 11) is 0. The van der Waals surface area contributed by atoms with Gasteiger partial charge in [0.05, 0.1) is 5.75 Å². The Hall–Kier alpha value is -2.72. The molecule has 2 aliphatic heterocycles. The lowest BCUT2D eigenvalue weighted by Gasteiger charge is -2.41. The summed E-state index contributed by atoms with van der Waals surface area (Å²) >= 11 is 7.54. The fourth-order valence-corrected chi connectivity index (χ4v) is 5.86. The summed E-state index contributed by atoms with van der Waals surface area (Å²) in [5, 5.41) is 3.69. The average Bonchev–Trinajstić information content (AvgIpc) is 3.57. The van der Waals surface area contributed by atoms with Crippen LogP contribution >= 0.6 is 23.4 Å². The number of anilines is 1. The van der Waals surface area contributed by atoms with Gasteiger partial charge in [-0.3, -0.25) is 9.59 Å². The maximum absolute atomic E-state index is 12.9. The molecule has 1 atom stereocenters. The second kappa shape index (κ2) is 11.1. The minimum atomic E-state index is -0.129. The van der Waals surface area contributed by atoms with Crippen molar-refractivity contribution in [2.24, 2.45) is 5.92 Å². The Bertz CT molecular complexity index is 1130. The SMILES string of the molecule is CC1CN(c2cc(Cl)nc(SCC(=O)NCc3ccc4c(c3)OCO4)n2)CCN1C(=O)C1CCCC1. The van der Waals surface area contributed by atoms with E-state index in [-0.39, 0.29) is 30.4 Å². The largest absolute Gasteiger partial charge is 0.454 e. The molecule has 0 spiro atoms. The maximum atomic E-state index is 12.9. The van der Waals surface area contributed by atoms with E-state index in [2.05, 4.69) is 27.1 Å². The van der Waals surface area contributed by atoms with Gasteiger partial charge in [0.2, 0.25) is 18.6 Å². The molecule has 1 N–H and O–H groups in total. The molecule has 9 nitrogen and oxygen atoms in total. The maximum Gasteiger partial charge on any atom is 0.231 e. The zero-order valence-electron chi connectivity index (χ0n) is 20.2. The van der Waals surface area contributed by atoms with Crippen molar-refractivity contribution in [1.29, 1.82) is 0 Å². The van der Waals surface area contributed by atoms with Crippen LogP contribution in [0.1, 0.15) is 38.2 Å². The Kier molecular flexibility index (Phi) is 7.71. The van der Waals surface area contributed by atoms with Gasteiger partial charge in [0.15, 0.2) is 16.7 Å². The van der Waals surface area contributed by atoms with E-state index in [0.29, 0.717) is 53.9 Å². The number of benzene rings is 1. The molecule has 5 rings (SSSR count). The quantitative estimate of drug-likeness (QED) is 0.329. The number of carbonyl (C=O) groups is 2.